The monoisotopic (exact) mass is 548 g/mol. The Labute approximate surface area is 236 Å². The minimum atomic E-state index is -0.771. The van der Waals surface area contributed by atoms with Gasteiger partial charge in [-0.1, -0.05) is 32.6 Å². The topological polar surface area (TPSA) is 88.5 Å². The average Bonchev–Trinajstić information content (AvgIpc) is 3.45. The highest BCUT2D eigenvalue weighted by Gasteiger charge is 2.46. The van der Waals surface area contributed by atoms with Crippen LogP contribution in [0.25, 0.3) is 5.76 Å². The second-order valence-corrected chi connectivity index (χ2v) is 10.1. The summed E-state index contributed by atoms with van der Waals surface area (Å²) in [7, 11) is 0. The number of likely N-dealkylation sites (tertiary alicyclic amines) is 1. The number of benzene rings is 2. The van der Waals surface area contributed by atoms with Crippen molar-refractivity contribution in [1.82, 2.24) is 9.80 Å². The normalized spacial score (nSPS) is 19.6. The van der Waals surface area contributed by atoms with E-state index in [0.29, 0.717) is 55.2 Å². The van der Waals surface area contributed by atoms with Crippen LogP contribution in [-0.2, 0) is 16.0 Å². The zero-order chi connectivity index (χ0) is 28.8. The highest BCUT2D eigenvalue weighted by molar-refractivity contribution is 6.46. The Kier molecular flexibility index (Phi) is 9.53. The molecular weight excluding hydrogens is 508 g/mol. The third-order valence-electron chi connectivity index (χ3n) is 7.42. The van der Waals surface area contributed by atoms with E-state index >= 15 is 0 Å². The maximum absolute atomic E-state index is 13.5. The fraction of sp³-hybridized carbons (Fsp3) is 0.438. The predicted molar refractivity (Wildman–Crippen MR) is 155 cm³/mol. The summed E-state index contributed by atoms with van der Waals surface area (Å²) in [5, 5.41) is 11.6. The lowest BCUT2D eigenvalue weighted by molar-refractivity contribution is -0.140. The van der Waals surface area contributed by atoms with Gasteiger partial charge in [0.1, 0.15) is 24.2 Å². The van der Waals surface area contributed by atoms with Crippen molar-refractivity contribution in [2.45, 2.75) is 52.7 Å². The minimum Gasteiger partial charge on any atom is -0.507 e. The number of Topliss-reactive ketones (excluding diaryl/α,β-unsaturated/α-hetero) is 1. The molecule has 0 bridgehead atoms. The molecule has 8 heteroatoms. The maximum Gasteiger partial charge on any atom is 0.295 e. The van der Waals surface area contributed by atoms with E-state index in [4.69, 9.17) is 14.2 Å². The van der Waals surface area contributed by atoms with Crippen LogP contribution in [-0.4, -0.2) is 72.1 Å². The van der Waals surface area contributed by atoms with Crippen LogP contribution >= 0.6 is 0 Å². The number of hydrogen-bond acceptors (Lipinski definition) is 7. The van der Waals surface area contributed by atoms with E-state index in [2.05, 4.69) is 25.3 Å². The van der Waals surface area contributed by atoms with Crippen LogP contribution in [0.15, 0.2) is 54.6 Å². The quantitative estimate of drug-likeness (QED) is 0.161. The van der Waals surface area contributed by atoms with E-state index in [0.717, 1.165) is 30.9 Å². The third kappa shape index (κ3) is 6.02. The molecule has 2 aliphatic heterocycles. The molecule has 1 saturated heterocycles. The van der Waals surface area contributed by atoms with Crippen LogP contribution in [0.5, 0.6) is 17.2 Å². The summed E-state index contributed by atoms with van der Waals surface area (Å²) in [6.45, 7) is 15.5. The van der Waals surface area contributed by atoms with Crippen molar-refractivity contribution in [1.29, 1.82) is 0 Å². The molecule has 0 saturated carbocycles. The predicted octanol–water partition coefficient (Wildman–Crippen LogP) is 5.13. The van der Waals surface area contributed by atoms with Crippen LogP contribution in [0.1, 0.15) is 56.8 Å². The van der Waals surface area contributed by atoms with Crippen molar-refractivity contribution in [2.24, 2.45) is 0 Å². The smallest absolute Gasteiger partial charge is 0.295 e. The molecule has 0 aromatic heterocycles. The second-order valence-electron chi connectivity index (χ2n) is 10.1. The number of aliphatic hydroxyl groups excluding tert-OH is 1. The first-order valence-corrected chi connectivity index (χ1v) is 14.1. The molecule has 8 nitrogen and oxygen atoms in total. The van der Waals surface area contributed by atoms with Crippen LogP contribution in [0.3, 0.4) is 0 Å². The molecule has 2 aromatic carbocycles. The standard InChI is InChI=1S/C32H40N2O6/c1-6-17-39-26-14-11-22(20-27(26)38-9-4)29-28(30(35)23-12-13-25-24(19-23)18-21(5)40-25)31(36)32(37)34(29)16-10-15-33(7-2)8-3/h6,11-14,19-21,29,35H,1,7-10,15-18H2,2-5H3/b30-28+. The van der Waals surface area contributed by atoms with E-state index in [-0.39, 0.29) is 17.4 Å². The van der Waals surface area contributed by atoms with Gasteiger partial charge in [0.15, 0.2) is 11.5 Å². The van der Waals surface area contributed by atoms with Crippen LogP contribution in [0.2, 0.25) is 0 Å². The van der Waals surface area contributed by atoms with Gasteiger partial charge in [0.2, 0.25) is 0 Å². The maximum atomic E-state index is 13.5. The Morgan fingerprint density at radius 2 is 1.90 bits per heavy atom. The molecule has 2 atom stereocenters. The Morgan fingerprint density at radius 3 is 2.60 bits per heavy atom. The van der Waals surface area contributed by atoms with E-state index in [1.807, 2.05) is 32.0 Å². The molecule has 2 aromatic rings. The summed E-state index contributed by atoms with van der Waals surface area (Å²) in [6, 6.07) is 10.00. The lowest BCUT2D eigenvalue weighted by atomic mass is 9.94. The number of hydrogen-bond donors (Lipinski definition) is 1. The Balaban J connectivity index is 1.78. The summed E-state index contributed by atoms with van der Waals surface area (Å²) in [6.07, 6.45) is 3.10. The van der Waals surface area contributed by atoms with Crippen molar-refractivity contribution in [3.8, 4) is 17.2 Å². The van der Waals surface area contributed by atoms with Crippen molar-refractivity contribution in [2.75, 3.05) is 39.4 Å². The van der Waals surface area contributed by atoms with Crippen molar-refractivity contribution in [3.05, 3.63) is 71.3 Å². The second kappa shape index (κ2) is 13.0. The molecule has 2 aliphatic rings. The number of ether oxygens (including phenoxy) is 3. The number of aliphatic hydroxyl groups is 1. The minimum absolute atomic E-state index is 0.0441. The summed E-state index contributed by atoms with van der Waals surface area (Å²) in [5.74, 6) is 0.307. The lowest BCUT2D eigenvalue weighted by Gasteiger charge is -2.27. The molecular formula is C32H40N2O6. The van der Waals surface area contributed by atoms with E-state index in [9.17, 15) is 14.7 Å². The molecule has 40 heavy (non-hydrogen) atoms. The number of amides is 1. The summed E-state index contributed by atoms with van der Waals surface area (Å²) < 4.78 is 17.4. The van der Waals surface area contributed by atoms with Gasteiger partial charge >= 0.3 is 0 Å². The number of carbonyl (C=O) groups excluding carboxylic acids is 2. The van der Waals surface area contributed by atoms with Gasteiger partial charge in [0, 0.05) is 18.5 Å². The Morgan fingerprint density at radius 1 is 1.12 bits per heavy atom. The highest BCUT2D eigenvalue weighted by Crippen LogP contribution is 2.43. The average molecular weight is 549 g/mol. The van der Waals surface area contributed by atoms with E-state index < -0.39 is 17.7 Å². The zero-order valence-corrected chi connectivity index (χ0v) is 23.9. The highest BCUT2D eigenvalue weighted by atomic mass is 16.5. The van der Waals surface area contributed by atoms with Crippen molar-refractivity contribution in [3.63, 3.8) is 0 Å². The van der Waals surface area contributed by atoms with Gasteiger partial charge in [0.25, 0.3) is 11.7 Å². The van der Waals surface area contributed by atoms with Gasteiger partial charge < -0.3 is 29.1 Å². The summed E-state index contributed by atoms with van der Waals surface area (Å²) >= 11 is 0. The number of ketones is 1. The van der Waals surface area contributed by atoms with Crippen LogP contribution < -0.4 is 14.2 Å². The van der Waals surface area contributed by atoms with Crippen LogP contribution in [0.4, 0.5) is 0 Å². The number of nitrogens with zero attached hydrogens (tertiary/aromatic N) is 2. The molecule has 0 aliphatic carbocycles. The molecule has 1 fully saturated rings. The first-order valence-electron chi connectivity index (χ1n) is 14.1. The van der Waals surface area contributed by atoms with Gasteiger partial charge in [0.05, 0.1) is 18.2 Å². The van der Waals surface area contributed by atoms with E-state index in [1.54, 1.807) is 29.2 Å². The summed E-state index contributed by atoms with van der Waals surface area (Å²) in [4.78, 5) is 30.8. The molecule has 4 rings (SSSR count). The molecule has 1 amide bonds. The van der Waals surface area contributed by atoms with E-state index in [1.165, 1.54) is 0 Å². The lowest BCUT2D eigenvalue weighted by Crippen LogP contribution is -2.33. The third-order valence-corrected chi connectivity index (χ3v) is 7.42. The summed E-state index contributed by atoms with van der Waals surface area (Å²) in [5.41, 5.74) is 2.18. The van der Waals surface area contributed by atoms with Gasteiger partial charge in [-0.15, -0.1) is 0 Å². The molecule has 1 N–H and O–H groups in total. The Bertz CT molecular complexity index is 1280. The molecule has 0 radical (unpaired) electrons. The molecule has 2 unspecified atom stereocenters. The Hall–Kier alpha value is -3.78. The molecule has 214 valence electrons. The SMILES string of the molecule is C=CCOc1ccc(C2/C(=C(\O)c3ccc4c(c3)CC(C)O4)C(=O)C(=O)N2CCCN(CC)CC)cc1OCC. The van der Waals surface area contributed by atoms with Gasteiger partial charge in [-0.2, -0.15) is 0 Å². The number of rotatable bonds is 13. The number of carbonyl (C=O) groups is 2. The zero-order valence-electron chi connectivity index (χ0n) is 23.9. The van der Waals surface area contributed by atoms with Crippen LogP contribution in [0, 0.1) is 0 Å². The first-order chi connectivity index (χ1) is 19.3. The van der Waals surface area contributed by atoms with Crippen molar-refractivity contribution >= 4 is 17.4 Å². The fourth-order valence-electron chi connectivity index (χ4n) is 5.42. The number of fused-ring (bicyclic) bond motifs is 1. The first kappa shape index (κ1) is 29.2. The van der Waals surface area contributed by atoms with Gasteiger partial charge in [-0.3, -0.25) is 9.59 Å². The molecule has 0 spiro atoms. The largest absolute Gasteiger partial charge is 0.507 e. The van der Waals surface area contributed by atoms with Gasteiger partial charge in [-0.05, 0) is 81.4 Å². The van der Waals surface area contributed by atoms with Crippen molar-refractivity contribution < 1.29 is 28.9 Å². The molecule has 2 heterocycles. The fourth-order valence-corrected chi connectivity index (χ4v) is 5.42. The van der Waals surface area contributed by atoms with Gasteiger partial charge in [-0.25, -0.2) is 0 Å².